The van der Waals surface area contributed by atoms with E-state index in [1.165, 1.54) is 12.8 Å². The molecule has 13 heavy (non-hydrogen) atoms. The van der Waals surface area contributed by atoms with E-state index in [4.69, 9.17) is 5.73 Å². The summed E-state index contributed by atoms with van der Waals surface area (Å²) in [7, 11) is 0. The molecule has 1 aromatic heterocycles. The Hall–Kier alpha value is -1.22. The van der Waals surface area contributed by atoms with E-state index in [-0.39, 0.29) is 6.04 Å². The normalized spacial score (nSPS) is 18.2. The van der Waals surface area contributed by atoms with Crippen LogP contribution in [0.5, 0.6) is 0 Å². The average molecular weight is 176 g/mol. The molecule has 0 spiro atoms. The summed E-state index contributed by atoms with van der Waals surface area (Å²) in [5.74, 6) is 0.578. The molecule has 2 rings (SSSR count). The highest BCUT2D eigenvalue weighted by molar-refractivity contribution is 5.71. The fraction of sp³-hybridized carbons (Fsp3) is 0.400. The van der Waals surface area contributed by atoms with E-state index in [1.807, 2.05) is 12.1 Å². The molecule has 1 aliphatic rings. The number of pyridine rings is 1. The van der Waals surface area contributed by atoms with Crippen LogP contribution in [0.15, 0.2) is 18.2 Å². The maximum Gasteiger partial charge on any atom is 0.168 e. The quantitative estimate of drug-likeness (QED) is 0.706. The molecule has 0 aromatic carbocycles. The van der Waals surface area contributed by atoms with Gasteiger partial charge in [-0.2, -0.15) is 0 Å². The zero-order chi connectivity index (χ0) is 9.26. The molecule has 1 unspecified atom stereocenters. The van der Waals surface area contributed by atoms with Crippen molar-refractivity contribution in [2.75, 3.05) is 0 Å². The molecule has 1 atom stereocenters. The third-order valence-electron chi connectivity index (χ3n) is 2.38. The number of aromatic nitrogens is 1. The van der Waals surface area contributed by atoms with Crippen molar-refractivity contribution in [3.63, 3.8) is 0 Å². The van der Waals surface area contributed by atoms with Gasteiger partial charge in [-0.3, -0.25) is 4.79 Å². The van der Waals surface area contributed by atoms with Crippen molar-refractivity contribution < 1.29 is 4.79 Å². The Kier molecular flexibility index (Phi) is 2.10. The van der Waals surface area contributed by atoms with E-state index in [0.717, 1.165) is 12.0 Å². The molecular formula is C10H12N2O. The van der Waals surface area contributed by atoms with Gasteiger partial charge in [-0.05, 0) is 30.9 Å². The average Bonchev–Trinajstić information content (AvgIpc) is 3.00. The third-order valence-corrected chi connectivity index (χ3v) is 2.38. The van der Waals surface area contributed by atoms with Gasteiger partial charge in [0.25, 0.3) is 0 Å². The molecule has 0 aliphatic heterocycles. The highest BCUT2D eigenvalue weighted by Gasteiger charge is 2.30. The van der Waals surface area contributed by atoms with Gasteiger partial charge in [0.2, 0.25) is 0 Å². The number of carbonyl (C=O) groups is 1. The summed E-state index contributed by atoms with van der Waals surface area (Å²) < 4.78 is 0. The molecule has 0 bridgehead atoms. The van der Waals surface area contributed by atoms with Crippen LogP contribution in [-0.4, -0.2) is 11.3 Å². The fourth-order valence-electron chi connectivity index (χ4n) is 1.42. The largest absolute Gasteiger partial charge is 0.322 e. The summed E-state index contributed by atoms with van der Waals surface area (Å²) in [6.45, 7) is 0. The highest BCUT2D eigenvalue weighted by atomic mass is 16.1. The van der Waals surface area contributed by atoms with Gasteiger partial charge < -0.3 is 5.73 Å². The maximum atomic E-state index is 10.5. The van der Waals surface area contributed by atoms with Gasteiger partial charge in [-0.25, -0.2) is 4.98 Å². The molecule has 1 aliphatic carbocycles. The number of nitrogens with two attached hydrogens (primary N) is 1. The summed E-state index contributed by atoms with van der Waals surface area (Å²) in [4.78, 5) is 14.6. The van der Waals surface area contributed by atoms with Crippen LogP contribution in [0.2, 0.25) is 0 Å². The van der Waals surface area contributed by atoms with Crippen LogP contribution in [0.25, 0.3) is 0 Å². The second-order valence-corrected chi connectivity index (χ2v) is 3.47. The molecule has 68 valence electrons. The summed E-state index contributed by atoms with van der Waals surface area (Å²) in [5.41, 5.74) is 7.25. The number of aldehydes is 1. The Morgan fingerprint density at radius 3 is 2.92 bits per heavy atom. The van der Waals surface area contributed by atoms with Crippen molar-refractivity contribution in [3.8, 4) is 0 Å². The monoisotopic (exact) mass is 176 g/mol. The van der Waals surface area contributed by atoms with Crippen LogP contribution in [0.1, 0.15) is 35.1 Å². The highest BCUT2D eigenvalue weighted by Crippen LogP contribution is 2.38. The first-order valence-electron chi connectivity index (χ1n) is 4.49. The third kappa shape index (κ3) is 1.75. The minimum atomic E-state index is 0.0138. The van der Waals surface area contributed by atoms with E-state index >= 15 is 0 Å². The summed E-state index contributed by atoms with van der Waals surface area (Å²) >= 11 is 0. The molecule has 3 nitrogen and oxygen atoms in total. The number of nitrogens with zero attached hydrogens (tertiary/aromatic N) is 1. The van der Waals surface area contributed by atoms with Crippen LogP contribution >= 0.6 is 0 Å². The van der Waals surface area contributed by atoms with Crippen molar-refractivity contribution in [1.29, 1.82) is 0 Å². The Bertz CT molecular complexity index is 320. The first kappa shape index (κ1) is 8.38. The van der Waals surface area contributed by atoms with Gasteiger partial charge in [0.1, 0.15) is 5.69 Å². The smallest absolute Gasteiger partial charge is 0.168 e. The van der Waals surface area contributed by atoms with Gasteiger partial charge in [0, 0.05) is 6.04 Å². The maximum absolute atomic E-state index is 10.5. The molecule has 1 heterocycles. The molecular weight excluding hydrogens is 164 g/mol. The Morgan fingerprint density at radius 1 is 1.54 bits per heavy atom. The SMILES string of the molecule is NC(c1cccc(C=O)n1)C1CC1. The van der Waals surface area contributed by atoms with Crippen LogP contribution < -0.4 is 5.73 Å². The van der Waals surface area contributed by atoms with Crippen LogP contribution in [0, 0.1) is 5.92 Å². The zero-order valence-electron chi connectivity index (χ0n) is 7.31. The van der Waals surface area contributed by atoms with Crippen LogP contribution in [-0.2, 0) is 0 Å². The molecule has 1 aromatic rings. The summed E-state index contributed by atoms with van der Waals surface area (Å²) in [6, 6.07) is 5.42. The second-order valence-electron chi connectivity index (χ2n) is 3.47. The molecule has 3 heteroatoms. The van der Waals surface area contributed by atoms with E-state index in [1.54, 1.807) is 6.07 Å². The zero-order valence-corrected chi connectivity index (χ0v) is 7.31. The van der Waals surface area contributed by atoms with E-state index in [9.17, 15) is 4.79 Å². The van der Waals surface area contributed by atoms with Crippen molar-refractivity contribution >= 4 is 6.29 Å². The van der Waals surface area contributed by atoms with Crippen LogP contribution in [0.4, 0.5) is 0 Å². The van der Waals surface area contributed by atoms with Gasteiger partial charge in [0.15, 0.2) is 6.29 Å². The summed E-state index contributed by atoms with van der Waals surface area (Å²) in [5, 5.41) is 0. The lowest BCUT2D eigenvalue weighted by atomic mass is 10.1. The lowest BCUT2D eigenvalue weighted by Crippen LogP contribution is -2.14. The summed E-state index contributed by atoms with van der Waals surface area (Å²) in [6.07, 6.45) is 3.13. The van der Waals surface area contributed by atoms with Crippen molar-refractivity contribution in [1.82, 2.24) is 4.98 Å². The van der Waals surface area contributed by atoms with E-state index in [2.05, 4.69) is 4.98 Å². The van der Waals surface area contributed by atoms with Gasteiger partial charge in [-0.15, -0.1) is 0 Å². The predicted octanol–water partition coefficient (Wildman–Crippen LogP) is 1.30. The first-order chi connectivity index (χ1) is 6.31. The predicted molar refractivity (Wildman–Crippen MR) is 49.3 cm³/mol. The second kappa shape index (κ2) is 3.26. The molecule has 0 saturated heterocycles. The molecule has 1 fully saturated rings. The van der Waals surface area contributed by atoms with Gasteiger partial charge >= 0.3 is 0 Å². The van der Waals surface area contributed by atoms with Gasteiger partial charge in [0.05, 0.1) is 5.69 Å². The van der Waals surface area contributed by atoms with Gasteiger partial charge in [-0.1, -0.05) is 6.07 Å². The van der Waals surface area contributed by atoms with E-state index < -0.39 is 0 Å². The topological polar surface area (TPSA) is 56.0 Å². The number of carbonyl (C=O) groups excluding carboxylic acids is 1. The lowest BCUT2D eigenvalue weighted by molar-refractivity contribution is 0.111. The van der Waals surface area contributed by atoms with E-state index in [0.29, 0.717) is 11.6 Å². The van der Waals surface area contributed by atoms with Crippen molar-refractivity contribution in [2.24, 2.45) is 11.7 Å². The fourth-order valence-corrected chi connectivity index (χ4v) is 1.42. The number of hydrogen-bond acceptors (Lipinski definition) is 3. The molecule has 0 amide bonds. The Morgan fingerprint density at radius 2 is 2.31 bits per heavy atom. The Labute approximate surface area is 77.0 Å². The minimum Gasteiger partial charge on any atom is -0.322 e. The molecule has 2 N–H and O–H groups in total. The molecule has 0 radical (unpaired) electrons. The van der Waals surface area contributed by atoms with Crippen molar-refractivity contribution in [3.05, 3.63) is 29.6 Å². The Balaban J connectivity index is 2.22. The molecule has 1 saturated carbocycles. The minimum absolute atomic E-state index is 0.0138. The number of rotatable bonds is 3. The van der Waals surface area contributed by atoms with Crippen LogP contribution in [0.3, 0.4) is 0 Å². The first-order valence-corrected chi connectivity index (χ1v) is 4.49. The number of hydrogen-bond donors (Lipinski definition) is 1. The lowest BCUT2D eigenvalue weighted by Gasteiger charge is -2.08. The standard InChI is InChI=1S/C10H12N2O/c11-10(7-4-5-7)9-3-1-2-8(6-13)12-9/h1-3,6-7,10H,4-5,11H2. The van der Waals surface area contributed by atoms with Crippen molar-refractivity contribution in [2.45, 2.75) is 18.9 Å².